The molecule has 1 N–H and O–H groups in total. The lowest BCUT2D eigenvalue weighted by Crippen LogP contribution is -2.39. The van der Waals surface area contributed by atoms with Gasteiger partial charge in [-0.2, -0.15) is 5.26 Å². The van der Waals surface area contributed by atoms with Gasteiger partial charge in [-0.05, 0) is 65.5 Å². The van der Waals surface area contributed by atoms with E-state index in [-0.39, 0.29) is 5.97 Å². The van der Waals surface area contributed by atoms with Crippen molar-refractivity contribution in [2.75, 3.05) is 30.4 Å². The first-order valence-corrected chi connectivity index (χ1v) is 9.72. The second-order valence-electron chi connectivity index (χ2n) is 6.67. The molecule has 0 radical (unpaired) electrons. The molecule has 0 unspecified atom stereocenters. The predicted molar refractivity (Wildman–Crippen MR) is 110 cm³/mol. The van der Waals surface area contributed by atoms with Crippen molar-refractivity contribution in [3.05, 3.63) is 57.6 Å². The molecule has 0 saturated carbocycles. The van der Waals surface area contributed by atoms with Crippen molar-refractivity contribution >= 4 is 33.3 Å². The summed E-state index contributed by atoms with van der Waals surface area (Å²) >= 11 is 3.59. The SMILES string of the molecule is COC(=O)c1cc(NC2CCN(c3ccccc3C#N)CC2)c(Br)cc1C. The van der Waals surface area contributed by atoms with Crippen molar-refractivity contribution in [3.8, 4) is 6.07 Å². The lowest BCUT2D eigenvalue weighted by molar-refractivity contribution is 0.0600. The number of aryl methyl sites for hydroxylation is 1. The van der Waals surface area contributed by atoms with E-state index in [9.17, 15) is 10.1 Å². The Morgan fingerprint density at radius 2 is 2.00 bits per heavy atom. The summed E-state index contributed by atoms with van der Waals surface area (Å²) in [6.45, 7) is 3.65. The monoisotopic (exact) mass is 427 g/mol. The zero-order valence-electron chi connectivity index (χ0n) is 15.5. The molecule has 1 saturated heterocycles. The van der Waals surface area contributed by atoms with Crippen molar-refractivity contribution in [1.82, 2.24) is 0 Å². The number of nitrogens with zero attached hydrogens (tertiary/aromatic N) is 2. The fourth-order valence-electron chi connectivity index (χ4n) is 3.44. The second kappa shape index (κ2) is 8.45. The van der Waals surface area contributed by atoms with Gasteiger partial charge in [0.2, 0.25) is 0 Å². The molecule has 0 atom stereocenters. The minimum absolute atomic E-state index is 0.306. The van der Waals surface area contributed by atoms with Crippen LogP contribution in [0.2, 0.25) is 0 Å². The molecule has 1 aliphatic rings. The molecule has 0 amide bonds. The first-order chi connectivity index (χ1) is 13.0. The third-order valence-electron chi connectivity index (χ3n) is 4.94. The summed E-state index contributed by atoms with van der Waals surface area (Å²) in [6.07, 6.45) is 1.90. The average Bonchev–Trinajstić information content (AvgIpc) is 2.70. The van der Waals surface area contributed by atoms with Gasteiger partial charge < -0.3 is 15.0 Å². The number of ether oxygens (including phenoxy) is 1. The van der Waals surface area contributed by atoms with Gasteiger partial charge in [-0.1, -0.05) is 12.1 Å². The molecule has 1 heterocycles. The van der Waals surface area contributed by atoms with E-state index in [2.05, 4.69) is 32.2 Å². The van der Waals surface area contributed by atoms with Crippen LogP contribution in [0.1, 0.15) is 34.3 Å². The first kappa shape index (κ1) is 19.2. The largest absolute Gasteiger partial charge is 0.465 e. The number of hydrogen-bond donors (Lipinski definition) is 1. The number of nitrogens with one attached hydrogen (secondary N) is 1. The van der Waals surface area contributed by atoms with Crippen LogP contribution in [-0.2, 0) is 4.74 Å². The smallest absolute Gasteiger partial charge is 0.338 e. The Kier molecular flexibility index (Phi) is 6.02. The van der Waals surface area contributed by atoms with E-state index in [1.54, 1.807) is 0 Å². The number of rotatable bonds is 4. The summed E-state index contributed by atoms with van der Waals surface area (Å²) in [4.78, 5) is 14.2. The first-order valence-electron chi connectivity index (χ1n) is 8.92. The van der Waals surface area contributed by atoms with Crippen LogP contribution in [0.5, 0.6) is 0 Å². The van der Waals surface area contributed by atoms with Gasteiger partial charge in [0.25, 0.3) is 0 Å². The number of piperidine rings is 1. The van der Waals surface area contributed by atoms with Gasteiger partial charge in [-0.15, -0.1) is 0 Å². The molecule has 27 heavy (non-hydrogen) atoms. The molecule has 6 heteroatoms. The average molecular weight is 428 g/mol. The van der Waals surface area contributed by atoms with Gasteiger partial charge >= 0.3 is 5.97 Å². The fourth-order valence-corrected chi connectivity index (χ4v) is 4.01. The molecule has 0 spiro atoms. The molecule has 1 aliphatic heterocycles. The maximum absolute atomic E-state index is 12.0. The molecule has 0 bridgehead atoms. The molecule has 5 nitrogen and oxygen atoms in total. The minimum Gasteiger partial charge on any atom is -0.465 e. The summed E-state index contributed by atoms with van der Waals surface area (Å²) in [5.41, 5.74) is 4.07. The zero-order valence-corrected chi connectivity index (χ0v) is 17.0. The van der Waals surface area contributed by atoms with Crippen molar-refractivity contribution in [1.29, 1.82) is 5.26 Å². The Bertz CT molecular complexity index is 883. The van der Waals surface area contributed by atoms with E-state index >= 15 is 0 Å². The number of halogens is 1. The van der Waals surface area contributed by atoms with Crippen LogP contribution >= 0.6 is 15.9 Å². The predicted octanol–water partition coefficient (Wildman–Crippen LogP) is 4.50. The van der Waals surface area contributed by atoms with Crippen LogP contribution in [0.15, 0.2) is 40.9 Å². The Labute approximate surface area is 168 Å². The topological polar surface area (TPSA) is 65.4 Å². The van der Waals surface area contributed by atoms with E-state index < -0.39 is 0 Å². The van der Waals surface area contributed by atoms with Crippen LogP contribution in [-0.4, -0.2) is 32.2 Å². The molecule has 0 aromatic heterocycles. The van der Waals surface area contributed by atoms with Gasteiger partial charge in [0.05, 0.1) is 23.9 Å². The fraction of sp³-hybridized carbons (Fsp3) is 0.333. The van der Waals surface area contributed by atoms with Crippen molar-refractivity contribution in [3.63, 3.8) is 0 Å². The van der Waals surface area contributed by atoms with Crippen LogP contribution in [0, 0.1) is 18.3 Å². The number of carbonyl (C=O) groups excluding carboxylic acids is 1. The molecular weight excluding hydrogens is 406 g/mol. The van der Waals surface area contributed by atoms with Gasteiger partial charge in [-0.3, -0.25) is 0 Å². The third kappa shape index (κ3) is 4.25. The number of esters is 1. The molecule has 2 aromatic carbocycles. The standard InChI is InChI=1S/C21H22BrN3O2/c1-14-11-18(22)19(12-17(14)21(26)27-2)24-16-7-9-25(10-8-16)20-6-4-3-5-15(20)13-23/h3-6,11-12,16,24H,7-10H2,1-2H3. The molecule has 3 rings (SSSR count). The molecule has 2 aromatic rings. The van der Waals surface area contributed by atoms with Crippen molar-refractivity contribution in [2.45, 2.75) is 25.8 Å². The number of hydrogen-bond acceptors (Lipinski definition) is 5. The van der Waals surface area contributed by atoms with E-state index in [4.69, 9.17) is 4.74 Å². The molecule has 140 valence electrons. The molecule has 1 fully saturated rings. The summed E-state index contributed by atoms with van der Waals surface area (Å²) in [5, 5.41) is 12.9. The number of anilines is 2. The van der Waals surface area contributed by atoms with Crippen molar-refractivity contribution < 1.29 is 9.53 Å². The maximum atomic E-state index is 12.0. The van der Waals surface area contributed by atoms with Crippen molar-refractivity contribution in [2.24, 2.45) is 0 Å². The Hall–Kier alpha value is -2.52. The maximum Gasteiger partial charge on any atom is 0.338 e. The quantitative estimate of drug-likeness (QED) is 0.727. The van der Waals surface area contributed by atoms with E-state index in [1.807, 2.05) is 43.3 Å². The minimum atomic E-state index is -0.328. The van der Waals surface area contributed by atoms with Gasteiger partial charge in [0.15, 0.2) is 0 Å². The second-order valence-corrected chi connectivity index (χ2v) is 7.53. The van der Waals surface area contributed by atoms with Crippen LogP contribution in [0.25, 0.3) is 0 Å². The molecular formula is C21H22BrN3O2. The highest BCUT2D eigenvalue weighted by Crippen LogP contribution is 2.30. The highest BCUT2D eigenvalue weighted by molar-refractivity contribution is 9.10. The number of nitriles is 1. The Morgan fingerprint density at radius 1 is 1.30 bits per heavy atom. The Morgan fingerprint density at radius 3 is 2.67 bits per heavy atom. The van der Waals surface area contributed by atoms with Crippen LogP contribution in [0.4, 0.5) is 11.4 Å². The number of carbonyl (C=O) groups is 1. The summed E-state index contributed by atoms with van der Waals surface area (Å²) < 4.78 is 5.81. The van der Waals surface area contributed by atoms with Crippen LogP contribution in [0.3, 0.4) is 0 Å². The van der Waals surface area contributed by atoms with E-state index in [0.29, 0.717) is 17.2 Å². The summed E-state index contributed by atoms with van der Waals surface area (Å²) in [7, 11) is 1.39. The number of benzene rings is 2. The number of methoxy groups -OCH3 is 1. The summed E-state index contributed by atoms with van der Waals surface area (Å²) in [6, 6.07) is 14.1. The lowest BCUT2D eigenvalue weighted by Gasteiger charge is -2.35. The summed E-state index contributed by atoms with van der Waals surface area (Å²) in [5.74, 6) is -0.328. The van der Waals surface area contributed by atoms with E-state index in [1.165, 1.54) is 7.11 Å². The third-order valence-corrected chi connectivity index (χ3v) is 5.60. The van der Waals surface area contributed by atoms with Gasteiger partial charge in [0, 0.05) is 29.3 Å². The lowest BCUT2D eigenvalue weighted by atomic mass is 10.0. The van der Waals surface area contributed by atoms with E-state index in [0.717, 1.165) is 47.3 Å². The highest BCUT2D eigenvalue weighted by Gasteiger charge is 2.22. The van der Waals surface area contributed by atoms with Gasteiger partial charge in [0.1, 0.15) is 6.07 Å². The highest BCUT2D eigenvalue weighted by atomic mass is 79.9. The van der Waals surface area contributed by atoms with Crippen LogP contribution < -0.4 is 10.2 Å². The normalized spacial score (nSPS) is 14.5. The number of para-hydroxylation sites is 1. The zero-order chi connectivity index (χ0) is 19.4. The van der Waals surface area contributed by atoms with Gasteiger partial charge in [-0.25, -0.2) is 4.79 Å². The molecule has 0 aliphatic carbocycles. The Balaban J connectivity index is 1.69.